The van der Waals surface area contributed by atoms with Crippen molar-refractivity contribution in [3.63, 3.8) is 0 Å². The molecule has 2 saturated heterocycles. The van der Waals surface area contributed by atoms with Crippen molar-refractivity contribution in [3.8, 4) is 0 Å². The number of sulfone groups is 1. The monoisotopic (exact) mass is 496 g/mol. The smallest absolute Gasteiger partial charge is 0.249 e. The second kappa shape index (κ2) is 9.16. The van der Waals surface area contributed by atoms with Crippen molar-refractivity contribution in [3.05, 3.63) is 41.7 Å². The molecule has 0 N–H and O–H groups in total. The van der Waals surface area contributed by atoms with Gasteiger partial charge in [-0.3, -0.25) is 9.48 Å². The molecule has 0 radical (unpaired) electrons. The Kier molecular flexibility index (Phi) is 6.63. The molecule has 1 aromatic heterocycles. The molecule has 1 aromatic carbocycles. The maximum Gasteiger partial charge on any atom is 0.249 e. The van der Waals surface area contributed by atoms with Crippen LogP contribution in [0.5, 0.6) is 0 Å². The Morgan fingerprint density at radius 3 is 2.45 bits per heavy atom. The van der Waals surface area contributed by atoms with Crippen molar-refractivity contribution in [2.45, 2.75) is 37.8 Å². The van der Waals surface area contributed by atoms with Crippen LogP contribution in [0.4, 0.5) is 5.69 Å². The highest BCUT2D eigenvalue weighted by Gasteiger charge is 2.37. The van der Waals surface area contributed by atoms with Crippen LogP contribution in [-0.4, -0.2) is 80.7 Å². The summed E-state index contributed by atoms with van der Waals surface area (Å²) in [7, 11) is -6.98. The van der Waals surface area contributed by atoms with Gasteiger partial charge >= 0.3 is 0 Å². The lowest BCUT2D eigenvalue weighted by atomic mass is 10.1. The average molecular weight is 497 g/mol. The number of para-hydroxylation sites is 1. The van der Waals surface area contributed by atoms with Crippen LogP contribution in [0.1, 0.15) is 17.8 Å². The van der Waals surface area contributed by atoms with Crippen molar-refractivity contribution in [1.29, 1.82) is 0 Å². The van der Waals surface area contributed by atoms with Gasteiger partial charge in [0.15, 0.2) is 9.84 Å². The summed E-state index contributed by atoms with van der Waals surface area (Å²) in [4.78, 5) is 15.0. The van der Waals surface area contributed by atoms with Gasteiger partial charge in [0.25, 0.3) is 0 Å². The first-order chi connectivity index (χ1) is 15.6. The Morgan fingerprint density at radius 1 is 1.18 bits per heavy atom. The summed E-state index contributed by atoms with van der Waals surface area (Å²) < 4.78 is 58.6. The van der Waals surface area contributed by atoms with E-state index < -0.39 is 25.9 Å². The minimum absolute atomic E-state index is 0.0378. The molecule has 33 heavy (non-hydrogen) atoms. The number of rotatable bonds is 6. The predicted octanol–water partition coefficient (Wildman–Crippen LogP) is 0.741. The molecule has 180 valence electrons. The van der Waals surface area contributed by atoms with Gasteiger partial charge in [-0.2, -0.15) is 9.40 Å². The number of aryl methyl sites for hydroxylation is 1. The topological polar surface area (TPSA) is 119 Å². The lowest BCUT2D eigenvalue weighted by Crippen LogP contribution is -2.43. The number of ether oxygens (including phenoxy) is 1. The van der Waals surface area contributed by atoms with E-state index in [2.05, 4.69) is 5.10 Å². The molecule has 2 aliphatic rings. The van der Waals surface area contributed by atoms with Crippen molar-refractivity contribution in [2.24, 2.45) is 0 Å². The first-order valence-electron chi connectivity index (χ1n) is 10.8. The number of morpholine rings is 1. The summed E-state index contributed by atoms with van der Waals surface area (Å²) in [6.07, 6.45) is 0.358. The molecule has 2 aliphatic heterocycles. The zero-order valence-corrected chi connectivity index (χ0v) is 20.3. The summed E-state index contributed by atoms with van der Waals surface area (Å²) >= 11 is 0. The molecule has 2 aromatic rings. The lowest BCUT2D eigenvalue weighted by Gasteiger charge is -2.28. The fraction of sp³-hybridized carbons (Fsp3) is 0.524. The second-order valence-electron chi connectivity index (χ2n) is 8.33. The number of nitrogens with zero attached hydrogens (tertiary/aromatic N) is 4. The van der Waals surface area contributed by atoms with Gasteiger partial charge in [0, 0.05) is 18.8 Å². The predicted molar refractivity (Wildman–Crippen MR) is 122 cm³/mol. The highest BCUT2D eigenvalue weighted by atomic mass is 32.2. The molecular weight excluding hydrogens is 468 g/mol. The van der Waals surface area contributed by atoms with Gasteiger partial charge in [0.1, 0.15) is 11.4 Å². The van der Waals surface area contributed by atoms with Gasteiger partial charge in [-0.05, 0) is 32.4 Å². The fourth-order valence-electron chi connectivity index (χ4n) is 4.45. The maximum absolute atomic E-state index is 13.4. The summed E-state index contributed by atoms with van der Waals surface area (Å²) in [5.74, 6) is -0.401. The van der Waals surface area contributed by atoms with Crippen molar-refractivity contribution >= 4 is 31.5 Å². The van der Waals surface area contributed by atoms with Gasteiger partial charge in [-0.1, -0.05) is 18.2 Å². The minimum atomic E-state index is -3.78. The molecule has 0 aliphatic carbocycles. The van der Waals surface area contributed by atoms with E-state index in [4.69, 9.17) is 4.74 Å². The third-order valence-corrected chi connectivity index (χ3v) is 9.95. The van der Waals surface area contributed by atoms with E-state index in [9.17, 15) is 21.6 Å². The fourth-order valence-corrected chi connectivity index (χ4v) is 7.93. The molecule has 4 rings (SSSR count). The van der Waals surface area contributed by atoms with Crippen molar-refractivity contribution in [1.82, 2.24) is 14.1 Å². The summed E-state index contributed by atoms with van der Waals surface area (Å²) in [6.45, 7) is 4.25. The minimum Gasteiger partial charge on any atom is -0.379 e. The quantitative estimate of drug-likeness (QED) is 0.579. The van der Waals surface area contributed by atoms with Crippen LogP contribution in [0.15, 0.2) is 35.2 Å². The normalized spacial score (nSPS) is 21.2. The van der Waals surface area contributed by atoms with Crippen LogP contribution < -0.4 is 4.90 Å². The summed E-state index contributed by atoms with van der Waals surface area (Å²) in [5, 5.41) is 4.36. The number of carbonyl (C=O) groups excluding carboxylic acids is 1. The number of benzene rings is 1. The van der Waals surface area contributed by atoms with Crippen molar-refractivity contribution in [2.75, 3.05) is 42.7 Å². The molecule has 1 atom stereocenters. The Bertz CT molecular complexity index is 1240. The molecule has 0 unspecified atom stereocenters. The first-order valence-corrected chi connectivity index (χ1v) is 14.1. The highest BCUT2D eigenvalue weighted by molar-refractivity contribution is 7.91. The van der Waals surface area contributed by atoms with E-state index in [-0.39, 0.29) is 41.9 Å². The van der Waals surface area contributed by atoms with Gasteiger partial charge in [0.05, 0.1) is 42.1 Å². The Labute approximate surface area is 194 Å². The Hall–Kier alpha value is -2.28. The lowest BCUT2D eigenvalue weighted by molar-refractivity contribution is -0.119. The molecule has 0 spiro atoms. The van der Waals surface area contributed by atoms with Crippen LogP contribution in [-0.2, 0) is 35.9 Å². The highest BCUT2D eigenvalue weighted by Crippen LogP contribution is 2.27. The van der Waals surface area contributed by atoms with Gasteiger partial charge < -0.3 is 9.64 Å². The summed E-state index contributed by atoms with van der Waals surface area (Å²) in [5.41, 5.74) is 1.30. The largest absolute Gasteiger partial charge is 0.379 e. The van der Waals surface area contributed by atoms with E-state index in [1.165, 1.54) is 13.9 Å². The van der Waals surface area contributed by atoms with Gasteiger partial charge in [0.2, 0.25) is 15.9 Å². The molecule has 2 fully saturated rings. The number of amides is 1. The average Bonchev–Trinajstić information content (AvgIpc) is 3.27. The van der Waals surface area contributed by atoms with Gasteiger partial charge in [-0.25, -0.2) is 16.8 Å². The molecule has 0 saturated carbocycles. The van der Waals surface area contributed by atoms with Crippen LogP contribution in [0.2, 0.25) is 0 Å². The number of hydrogen-bond donors (Lipinski definition) is 0. The standard InChI is InChI=1S/C21H28N4O6S2/c1-16-21(33(29,30)23-9-11-31-12-10-23)17(2)24(22-16)14-20(26)25(18-6-4-3-5-7-18)19-8-13-32(27,28)15-19/h3-7,19H,8-15H2,1-2H3/t19-/m0/s1. The van der Waals surface area contributed by atoms with E-state index in [0.29, 0.717) is 36.7 Å². The van der Waals surface area contributed by atoms with E-state index >= 15 is 0 Å². The molecule has 10 nitrogen and oxygen atoms in total. The molecular formula is C21H28N4O6S2. The van der Waals surface area contributed by atoms with Crippen LogP contribution in [0.3, 0.4) is 0 Å². The third kappa shape index (κ3) is 4.84. The van der Waals surface area contributed by atoms with Crippen molar-refractivity contribution < 1.29 is 26.4 Å². The first kappa shape index (κ1) is 23.9. The summed E-state index contributed by atoms with van der Waals surface area (Å²) in [6, 6.07) is 8.45. The van der Waals surface area contributed by atoms with E-state index in [1.807, 2.05) is 6.07 Å². The van der Waals surface area contributed by atoms with Crippen LogP contribution >= 0.6 is 0 Å². The van der Waals surface area contributed by atoms with E-state index in [0.717, 1.165) is 0 Å². The molecule has 1 amide bonds. The molecule has 0 bridgehead atoms. The number of carbonyl (C=O) groups is 1. The molecule has 12 heteroatoms. The van der Waals surface area contributed by atoms with Crippen LogP contribution in [0.25, 0.3) is 0 Å². The Morgan fingerprint density at radius 2 is 1.85 bits per heavy atom. The zero-order chi connectivity index (χ0) is 23.8. The number of aromatic nitrogens is 2. The molecule has 3 heterocycles. The second-order valence-corrected chi connectivity index (χ2v) is 12.4. The third-order valence-electron chi connectivity index (χ3n) is 6.04. The number of sulfonamides is 1. The SMILES string of the molecule is Cc1nn(CC(=O)N(c2ccccc2)[C@H]2CCS(=O)(=O)C2)c(C)c1S(=O)(=O)N1CCOCC1. The zero-order valence-electron chi connectivity index (χ0n) is 18.7. The number of anilines is 1. The van der Waals surface area contributed by atoms with Gasteiger partial charge in [-0.15, -0.1) is 0 Å². The van der Waals surface area contributed by atoms with Crippen LogP contribution in [0, 0.1) is 13.8 Å². The Balaban J connectivity index is 1.63. The number of hydrogen-bond acceptors (Lipinski definition) is 7. The van der Waals surface area contributed by atoms with E-state index in [1.54, 1.807) is 38.1 Å². The maximum atomic E-state index is 13.4.